The van der Waals surface area contributed by atoms with E-state index in [-0.39, 0.29) is 19.3 Å². The number of hydrogen-bond acceptors (Lipinski definition) is 5. The highest BCUT2D eigenvalue weighted by atomic mass is 31.2. The van der Waals surface area contributed by atoms with Crippen LogP contribution in [0.4, 0.5) is 4.79 Å². The van der Waals surface area contributed by atoms with E-state index in [0.29, 0.717) is 0 Å². The van der Waals surface area contributed by atoms with Gasteiger partial charge in [-0.1, -0.05) is 55.7 Å². The SMILES string of the molecule is CCOP(=O)(OCC)C(/C=C/c1ccccc1)OC(=O)NC1CCCCC1. The monoisotopic (exact) mass is 395 g/mol. The van der Waals surface area contributed by atoms with E-state index in [2.05, 4.69) is 5.32 Å². The van der Waals surface area contributed by atoms with Gasteiger partial charge < -0.3 is 19.1 Å². The molecule has 1 unspecified atom stereocenters. The van der Waals surface area contributed by atoms with Crippen molar-refractivity contribution in [3.63, 3.8) is 0 Å². The maximum Gasteiger partial charge on any atom is 0.408 e. The van der Waals surface area contributed by atoms with Crippen LogP contribution in [0.3, 0.4) is 0 Å². The maximum absolute atomic E-state index is 13.2. The first-order valence-electron chi connectivity index (χ1n) is 9.66. The van der Waals surface area contributed by atoms with Crippen LogP contribution in [0.15, 0.2) is 36.4 Å². The summed E-state index contributed by atoms with van der Waals surface area (Å²) in [7, 11) is -3.64. The van der Waals surface area contributed by atoms with Gasteiger partial charge in [-0.2, -0.15) is 0 Å². The number of amides is 1. The highest BCUT2D eigenvalue weighted by Crippen LogP contribution is 2.54. The molecule has 1 aromatic rings. The summed E-state index contributed by atoms with van der Waals surface area (Å²) in [5.74, 6) is -1.11. The summed E-state index contributed by atoms with van der Waals surface area (Å²) in [4.78, 5) is 12.4. The van der Waals surface area contributed by atoms with E-state index in [0.717, 1.165) is 31.2 Å². The summed E-state index contributed by atoms with van der Waals surface area (Å²) in [6.07, 6.45) is 7.99. The number of hydrogen-bond donors (Lipinski definition) is 1. The lowest BCUT2D eigenvalue weighted by Crippen LogP contribution is -2.38. The highest BCUT2D eigenvalue weighted by Gasteiger charge is 2.37. The number of nitrogens with one attached hydrogen (secondary N) is 1. The molecule has 1 saturated carbocycles. The van der Waals surface area contributed by atoms with Crippen LogP contribution in [0.1, 0.15) is 51.5 Å². The zero-order chi connectivity index (χ0) is 19.5. The van der Waals surface area contributed by atoms with Gasteiger partial charge >= 0.3 is 13.7 Å². The Balaban J connectivity index is 2.13. The second-order valence-electron chi connectivity index (χ2n) is 6.42. The minimum absolute atomic E-state index is 0.101. The summed E-state index contributed by atoms with van der Waals surface area (Å²) < 4.78 is 29.4. The quantitative estimate of drug-likeness (QED) is 0.571. The summed E-state index contributed by atoms with van der Waals surface area (Å²) >= 11 is 0. The molecule has 1 amide bonds. The van der Waals surface area contributed by atoms with Crippen LogP contribution in [-0.4, -0.2) is 31.2 Å². The van der Waals surface area contributed by atoms with Crippen molar-refractivity contribution in [3.05, 3.63) is 42.0 Å². The van der Waals surface area contributed by atoms with E-state index in [1.807, 2.05) is 30.3 Å². The third kappa shape index (κ3) is 7.13. The molecule has 1 aliphatic rings. The fourth-order valence-corrected chi connectivity index (χ4v) is 4.68. The number of carbonyl (C=O) groups excluding carboxylic acids is 1. The zero-order valence-corrected chi connectivity index (χ0v) is 17.0. The Hall–Kier alpha value is -1.62. The van der Waals surface area contributed by atoms with Crippen LogP contribution in [0.25, 0.3) is 6.08 Å². The van der Waals surface area contributed by atoms with E-state index in [1.165, 1.54) is 6.42 Å². The average molecular weight is 395 g/mol. The van der Waals surface area contributed by atoms with E-state index in [4.69, 9.17) is 13.8 Å². The predicted octanol–water partition coefficient (Wildman–Crippen LogP) is 5.35. The molecule has 0 bridgehead atoms. The standard InChI is InChI=1S/C20H30NO5P/c1-3-24-27(23,25-4-2)19(16-15-17-11-7-5-8-12-17)26-20(22)21-18-13-9-6-10-14-18/h5,7-8,11-12,15-16,18-19H,3-4,6,9-10,13-14H2,1-2H3,(H,21,22)/b16-15+. The minimum Gasteiger partial charge on any atom is -0.429 e. The van der Waals surface area contributed by atoms with Gasteiger partial charge in [-0.25, -0.2) is 4.79 Å². The molecule has 1 N–H and O–H groups in total. The van der Waals surface area contributed by atoms with Crippen molar-refractivity contribution in [3.8, 4) is 0 Å². The molecule has 7 heteroatoms. The van der Waals surface area contributed by atoms with Gasteiger partial charge in [0, 0.05) is 6.04 Å². The lowest BCUT2D eigenvalue weighted by Gasteiger charge is -2.26. The largest absolute Gasteiger partial charge is 0.429 e. The van der Waals surface area contributed by atoms with Gasteiger partial charge in [-0.3, -0.25) is 4.57 Å². The molecule has 0 radical (unpaired) electrons. The van der Waals surface area contributed by atoms with Crippen molar-refractivity contribution in [1.82, 2.24) is 5.32 Å². The zero-order valence-electron chi connectivity index (χ0n) is 16.1. The molecule has 1 aromatic carbocycles. The van der Waals surface area contributed by atoms with Crippen molar-refractivity contribution in [2.24, 2.45) is 0 Å². The fourth-order valence-electron chi connectivity index (χ4n) is 3.07. The molecule has 27 heavy (non-hydrogen) atoms. The van der Waals surface area contributed by atoms with Crippen molar-refractivity contribution >= 4 is 19.8 Å². The van der Waals surface area contributed by atoms with Crippen LogP contribution in [-0.2, 0) is 18.3 Å². The summed E-state index contributed by atoms with van der Waals surface area (Å²) in [5.41, 5.74) is 0.901. The molecule has 6 nitrogen and oxygen atoms in total. The van der Waals surface area contributed by atoms with Crippen LogP contribution in [0, 0.1) is 0 Å². The lowest BCUT2D eigenvalue weighted by molar-refractivity contribution is 0.114. The fraction of sp³-hybridized carbons (Fsp3) is 0.550. The summed E-state index contributed by atoms with van der Waals surface area (Å²) in [6, 6.07) is 9.62. The predicted molar refractivity (Wildman–Crippen MR) is 107 cm³/mol. The number of benzene rings is 1. The molecule has 0 saturated heterocycles. The molecule has 0 aliphatic heterocycles. The molecule has 1 fully saturated rings. The van der Waals surface area contributed by atoms with Crippen LogP contribution >= 0.6 is 7.60 Å². The highest BCUT2D eigenvalue weighted by molar-refractivity contribution is 7.54. The Morgan fingerprint density at radius 3 is 2.37 bits per heavy atom. The Morgan fingerprint density at radius 2 is 1.78 bits per heavy atom. The Morgan fingerprint density at radius 1 is 1.15 bits per heavy atom. The van der Waals surface area contributed by atoms with Crippen LogP contribution in [0.5, 0.6) is 0 Å². The Kier molecular flexibility index (Phi) is 9.05. The van der Waals surface area contributed by atoms with Gasteiger partial charge in [0.05, 0.1) is 13.2 Å². The van der Waals surface area contributed by atoms with E-state index < -0.39 is 19.5 Å². The molecule has 0 spiro atoms. The average Bonchev–Trinajstić information content (AvgIpc) is 2.67. The van der Waals surface area contributed by atoms with Crippen LogP contribution in [0.2, 0.25) is 0 Å². The van der Waals surface area contributed by atoms with Crippen molar-refractivity contribution in [2.75, 3.05) is 13.2 Å². The first-order chi connectivity index (χ1) is 13.1. The first-order valence-corrected chi connectivity index (χ1v) is 11.3. The Bertz CT molecular complexity index is 633. The lowest BCUT2D eigenvalue weighted by atomic mass is 9.96. The van der Waals surface area contributed by atoms with E-state index in [1.54, 1.807) is 26.0 Å². The maximum atomic E-state index is 13.2. The molecule has 0 heterocycles. The topological polar surface area (TPSA) is 73.9 Å². The smallest absolute Gasteiger partial charge is 0.408 e. The van der Waals surface area contributed by atoms with Gasteiger partial charge in [0.1, 0.15) is 0 Å². The van der Waals surface area contributed by atoms with Gasteiger partial charge in [0.2, 0.25) is 5.85 Å². The van der Waals surface area contributed by atoms with Crippen molar-refractivity contribution in [2.45, 2.75) is 57.8 Å². The second-order valence-corrected chi connectivity index (χ2v) is 8.53. The van der Waals surface area contributed by atoms with Crippen molar-refractivity contribution in [1.29, 1.82) is 0 Å². The third-order valence-corrected chi connectivity index (χ3v) is 6.47. The van der Waals surface area contributed by atoms with E-state index >= 15 is 0 Å². The number of carbonyl (C=O) groups is 1. The molecule has 150 valence electrons. The molecular weight excluding hydrogens is 365 g/mol. The number of alkyl carbamates (subject to hydrolysis) is 1. The Labute approximate surface area is 161 Å². The molecule has 1 atom stereocenters. The summed E-state index contributed by atoms with van der Waals surface area (Å²) in [5, 5.41) is 2.88. The van der Waals surface area contributed by atoms with Gasteiger partial charge in [-0.15, -0.1) is 0 Å². The first kappa shape index (κ1) is 21.7. The van der Waals surface area contributed by atoms with Gasteiger partial charge in [0.25, 0.3) is 0 Å². The number of ether oxygens (including phenoxy) is 1. The summed E-state index contributed by atoms with van der Waals surface area (Å²) in [6.45, 7) is 3.85. The van der Waals surface area contributed by atoms with Gasteiger partial charge in [-0.05, 0) is 38.3 Å². The molecular formula is C20H30NO5P. The third-order valence-electron chi connectivity index (χ3n) is 4.34. The molecule has 2 rings (SSSR count). The van der Waals surface area contributed by atoms with Crippen molar-refractivity contribution < 1.29 is 23.1 Å². The van der Waals surface area contributed by atoms with E-state index in [9.17, 15) is 9.36 Å². The second kappa shape index (κ2) is 11.3. The van der Waals surface area contributed by atoms with Crippen LogP contribution < -0.4 is 5.32 Å². The number of rotatable bonds is 9. The normalized spacial score (nSPS) is 17.0. The van der Waals surface area contributed by atoms with Gasteiger partial charge in [0.15, 0.2) is 0 Å². The minimum atomic E-state index is -3.64. The molecule has 0 aromatic heterocycles. The molecule has 1 aliphatic carbocycles.